The van der Waals surface area contributed by atoms with Gasteiger partial charge in [-0.05, 0) is 19.8 Å². The van der Waals surface area contributed by atoms with Crippen LogP contribution in [0.5, 0.6) is 0 Å². The van der Waals surface area contributed by atoms with Crippen molar-refractivity contribution in [1.82, 2.24) is 19.8 Å². The fraction of sp³-hybridized carbons (Fsp3) is 0.688. The van der Waals surface area contributed by atoms with Crippen LogP contribution in [0.3, 0.4) is 0 Å². The predicted molar refractivity (Wildman–Crippen MR) is 82.3 cm³/mol. The molecule has 0 saturated carbocycles. The third kappa shape index (κ3) is 3.44. The van der Waals surface area contributed by atoms with Crippen LogP contribution >= 0.6 is 0 Å². The van der Waals surface area contributed by atoms with Crippen LogP contribution in [0.25, 0.3) is 0 Å². The molecule has 6 heteroatoms. The van der Waals surface area contributed by atoms with E-state index < -0.39 is 0 Å². The maximum Gasteiger partial charge on any atom is 0.219 e. The molecule has 2 aliphatic heterocycles. The molecule has 6 nitrogen and oxygen atoms in total. The second-order valence-corrected chi connectivity index (χ2v) is 6.17. The van der Waals surface area contributed by atoms with E-state index in [1.807, 2.05) is 18.0 Å². The minimum absolute atomic E-state index is 0.00712. The van der Waals surface area contributed by atoms with Crippen LogP contribution in [-0.4, -0.2) is 64.5 Å². The summed E-state index contributed by atoms with van der Waals surface area (Å²) in [6.07, 6.45) is 5.72. The maximum atomic E-state index is 11.4. The number of hydrogen-bond acceptors (Lipinski definition) is 5. The van der Waals surface area contributed by atoms with Crippen LogP contribution in [0.2, 0.25) is 0 Å². The summed E-state index contributed by atoms with van der Waals surface area (Å²) < 4.78 is 5.88. The number of nitrogens with zero attached hydrogens (tertiary/aromatic N) is 4. The summed E-state index contributed by atoms with van der Waals surface area (Å²) in [5.74, 6) is 0.188. The second kappa shape index (κ2) is 6.71. The Morgan fingerprint density at radius 2 is 2.00 bits per heavy atom. The zero-order chi connectivity index (χ0) is 15.5. The summed E-state index contributed by atoms with van der Waals surface area (Å²) >= 11 is 0. The molecule has 0 N–H and O–H groups in total. The number of aromatic nitrogens is 2. The van der Waals surface area contributed by atoms with Crippen LogP contribution < -0.4 is 0 Å². The molecule has 22 heavy (non-hydrogen) atoms. The first-order valence-electron chi connectivity index (χ1n) is 8.03. The Labute approximate surface area is 131 Å². The van der Waals surface area contributed by atoms with E-state index in [0.29, 0.717) is 6.04 Å². The molecule has 0 aliphatic carbocycles. The lowest BCUT2D eigenvalue weighted by atomic mass is 10.0. The zero-order valence-corrected chi connectivity index (χ0v) is 13.4. The van der Waals surface area contributed by atoms with E-state index in [2.05, 4.69) is 14.9 Å². The number of carbonyl (C=O) groups excluding carboxylic acids is 1. The lowest BCUT2D eigenvalue weighted by molar-refractivity contribution is -0.131. The van der Waals surface area contributed by atoms with Gasteiger partial charge in [0.15, 0.2) is 0 Å². The Hall–Kier alpha value is -1.53. The number of rotatable bonds is 2. The van der Waals surface area contributed by atoms with E-state index in [0.717, 1.165) is 57.0 Å². The monoisotopic (exact) mass is 304 g/mol. The summed E-state index contributed by atoms with van der Waals surface area (Å²) in [6.45, 7) is 7.88. The van der Waals surface area contributed by atoms with E-state index in [1.165, 1.54) is 0 Å². The van der Waals surface area contributed by atoms with Gasteiger partial charge in [-0.25, -0.2) is 0 Å². The van der Waals surface area contributed by atoms with Crippen molar-refractivity contribution in [3.63, 3.8) is 0 Å². The Kier molecular flexibility index (Phi) is 4.69. The van der Waals surface area contributed by atoms with Crippen molar-refractivity contribution < 1.29 is 9.53 Å². The molecule has 1 atom stereocenters. The van der Waals surface area contributed by atoms with Crippen molar-refractivity contribution in [1.29, 1.82) is 0 Å². The predicted octanol–water partition coefficient (Wildman–Crippen LogP) is 1.17. The number of likely N-dealkylation sites (tertiary alicyclic amines) is 1. The minimum Gasteiger partial charge on any atom is -0.369 e. The van der Waals surface area contributed by atoms with Gasteiger partial charge in [-0.3, -0.25) is 19.7 Å². The third-order valence-corrected chi connectivity index (χ3v) is 4.65. The highest BCUT2D eigenvalue weighted by molar-refractivity contribution is 5.73. The first-order chi connectivity index (χ1) is 10.6. The van der Waals surface area contributed by atoms with Crippen molar-refractivity contribution in [2.75, 3.05) is 32.8 Å². The molecule has 3 heterocycles. The highest BCUT2D eigenvalue weighted by Gasteiger charge is 2.30. The van der Waals surface area contributed by atoms with Gasteiger partial charge in [0.2, 0.25) is 5.91 Å². The SMILES string of the molecule is CC(=O)N1CCC(N2CCOC(c3cnc(C)cn3)C2)CC1. The molecule has 0 radical (unpaired) electrons. The molecule has 0 spiro atoms. The molecule has 1 unspecified atom stereocenters. The van der Waals surface area contributed by atoms with Crippen molar-refractivity contribution in [3.8, 4) is 0 Å². The molecular weight excluding hydrogens is 280 g/mol. The van der Waals surface area contributed by atoms with Gasteiger partial charge in [0.25, 0.3) is 0 Å². The van der Waals surface area contributed by atoms with Crippen LogP contribution in [-0.2, 0) is 9.53 Å². The largest absolute Gasteiger partial charge is 0.369 e. The number of morpholine rings is 1. The van der Waals surface area contributed by atoms with Gasteiger partial charge < -0.3 is 9.64 Å². The average Bonchev–Trinajstić information content (AvgIpc) is 2.56. The minimum atomic E-state index is 0.00712. The smallest absolute Gasteiger partial charge is 0.219 e. The van der Waals surface area contributed by atoms with Crippen molar-refractivity contribution >= 4 is 5.91 Å². The van der Waals surface area contributed by atoms with Crippen LogP contribution in [0.4, 0.5) is 0 Å². The average molecular weight is 304 g/mol. The third-order valence-electron chi connectivity index (χ3n) is 4.65. The Morgan fingerprint density at radius 3 is 2.64 bits per heavy atom. The van der Waals surface area contributed by atoms with E-state index in [9.17, 15) is 4.79 Å². The fourth-order valence-corrected chi connectivity index (χ4v) is 3.29. The van der Waals surface area contributed by atoms with E-state index in [-0.39, 0.29) is 12.0 Å². The van der Waals surface area contributed by atoms with Crippen molar-refractivity contribution in [2.24, 2.45) is 0 Å². The van der Waals surface area contributed by atoms with Gasteiger partial charge in [-0.15, -0.1) is 0 Å². The number of carbonyl (C=O) groups is 1. The summed E-state index contributed by atoms with van der Waals surface area (Å²) in [4.78, 5) is 24.6. The molecule has 0 bridgehead atoms. The molecular formula is C16H24N4O2. The molecule has 3 rings (SSSR count). The van der Waals surface area contributed by atoms with E-state index in [4.69, 9.17) is 4.74 Å². The van der Waals surface area contributed by atoms with Gasteiger partial charge in [-0.2, -0.15) is 0 Å². The van der Waals surface area contributed by atoms with Gasteiger partial charge >= 0.3 is 0 Å². The maximum absolute atomic E-state index is 11.4. The molecule has 2 fully saturated rings. The quantitative estimate of drug-likeness (QED) is 0.821. The highest BCUT2D eigenvalue weighted by atomic mass is 16.5. The summed E-state index contributed by atoms with van der Waals surface area (Å²) in [7, 11) is 0. The number of hydrogen-bond donors (Lipinski definition) is 0. The first kappa shape index (κ1) is 15.4. The van der Waals surface area contributed by atoms with Gasteiger partial charge in [0.05, 0.1) is 24.2 Å². The van der Waals surface area contributed by atoms with Gasteiger partial charge in [0, 0.05) is 45.3 Å². The van der Waals surface area contributed by atoms with Crippen molar-refractivity contribution in [3.05, 3.63) is 23.8 Å². The number of amides is 1. The number of aryl methyl sites for hydroxylation is 1. The fourth-order valence-electron chi connectivity index (χ4n) is 3.29. The standard InChI is InChI=1S/C16H24N4O2/c1-12-9-18-15(10-17-12)16-11-20(7-8-22-16)14-3-5-19(6-4-14)13(2)21/h9-10,14,16H,3-8,11H2,1-2H3. The van der Waals surface area contributed by atoms with Gasteiger partial charge in [-0.1, -0.05) is 0 Å². The lowest BCUT2D eigenvalue weighted by Crippen LogP contribution is -2.50. The zero-order valence-electron chi connectivity index (χ0n) is 13.4. The Balaban J connectivity index is 1.59. The molecule has 1 amide bonds. The highest BCUT2D eigenvalue weighted by Crippen LogP contribution is 2.25. The topological polar surface area (TPSA) is 58.6 Å². The molecule has 1 aromatic heterocycles. The van der Waals surface area contributed by atoms with Crippen LogP contribution in [0.15, 0.2) is 12.4 Å². The van der Waals surface area contributed by atoms with Crippen molar-refractivity contribution in [2.45, 2.75) is 38.8 Å². The lowest BCUT2D eigenvalue weighted by Gasteiger charge is -2.41. The molecule has 2 saturated heterocycles. The second-order valence-electron chi connectivity index (χ2n) is 6.17. The summed E-state index contributed by atoms with van der Waals surface area (Å²) in [6, 6.07) is 0.542. The molecule has 1 aromatic rings. The summed E-state index contributed by atoms with van der Waals surface area (Å²) in [5.41, 5.74) is 1.84. The van der Waals surface area contributed by atoms with Crippen LogP contribution in [0.1, 0.15) is 37.3 Å². The van der Waals surface area contributed by atoms with E-state index in [1.54, 1.807) is 13.1 Å². The Bertz CT molecular complexity index is 511. The molecule has 0 aromatic carbocycles. The summed E-state index contributed by atoms with van der Waals surface area (Å²) in [5, 5.41) is 0. The number of piperidine rings is 1. The normalized spacial score (nSPS) is 24.5. The number of ether oxygens (including phenoxy) is 1. The van der Waals surface area contributed by atoms with Crippen LogP contribution in [0, 0.1) is 6.92 Å². The molecule has 120 valence electrons. The Morgan fingerprint density at radius 1 is 1.23 bits per heavy atom. The van der Waals surface area contributed by atoms with Gasteiger partial charge in [0.1, 0.15) is 6.10 Å². The molecule has 2 aliphatic rings. The van der Waals surface area contributed by atoms with E-state index >= 15 is 0 Å². The first-order valence-corrected chi connectivity index (χ1v) is 8.03.